The molecule has 0 aliphatic carbocycles. The van der Waals surface area contributed by atoms with Gasteiger partial charge in [-0.25, -0.2) is 4.98 Å². The zero-order chi connectivity index (χ0) is 38.9. The second-order valence-electron chi connectivity index (χ2n) is 15.1. The van der Waals surface area contributed by atoms with E-state index in [0.29, 0.717) is 5.89 Å². The topological polar surface area (TPSA) is 34.2 Å². The standard InChI is InChI=1S/C55H35N3O/c1-3-16-38(17-4-1)55-56-49-27-14-26-44(54(49)59-55)39-18-13-21-41(33-39)57(42-32-31-37-30-29-36-15-7-8-22-43(36)48(37)34-42)51-35-52-53(46-24-10-9-23-45(46)51)47-25-11-12-28-50(47)58(52)40-19-5-2-6-20-40/h1-35H. The van der Waals surface area contributed by atoms with Crippen LogP contribution < -0.4 is 4.90 Å². The lowest BCUT2D eigenvalue weighted by Gasteiger charge is -2.28. The third-order valence-corrected chi connectivity index (χ3v) is 11.8. The van der Waals surface area contributed by atoms with E-state index in [-0.39, 0.29) is 0 Å². The Kier molecular flexibility index (Phi) is 7.50. The number of hydrogen-bond donors (Lipinski definition) is 0. The van der Waals surface area contributed by atoms with Gasteiger partial charge in [0.2, 0.25) is 5.89 Å². The van der Waals surface area contributed by atoms with Gasteiger partial charge in [0.1, 0.15) is 5.52 Å². The highest BCUT2D eigenvalue weighted by Crippen LogP contribution is 2.47. The van der Waals surface area contributed by atoms with Gasteiger partial charge >= 0.3 is 0 Å². The van der Waals surface area contributed by atoms with Gasteiger partial charge in [0.05, 0.1) is 16.7 Å². The highest BCUT2D eigenvalue weighted by atomic mass is 16.3. The molecule has 12 rings (SSSR count). The molecule has 0 bridgehead atoms. The van der Waals surface area contributed by atoms with E-state index in [1.54, 1.807) is 0 Å². The van der Waals surface area contributed by atoms with E-state index in [9.17, 15) is 0 Å². The molecular weight excluding hydrogens is 719 g/mol. The zero-order valence-corrected chi connectivity index (χ0v) is 32.0. The third kappa shape index (κ3) is 5.34. The number of aromatic nitrogens is 2. The van der Waals surface area contributed by atoms with Crippen LogP contribution in [0.5, 0.6) is 0 Å². The van der Waals surface area contributed by atoms with E-state index >= 15 is 0 Å². The summed E-state index contributed by atoms with van der Waals surface area (Å²) in [5.74, 6) is 0.614. The Bertz CT molecular complexity index is 3570. The van der Waals surface area contributed by atoms with E-state index in [2.05, 4.69) is 185 Å². The Hall–Kier alpha value is -7.95. The fraction of sp³-hybridized carbons (Fsp3) is 0. The van der Waals surface area contributed by atoms with Crippen molar-refractivity contribution < 1.29 is 4.42 Å². The lowest BCUT2D eigenvalue weighted by Crippen LogP contribution is -2.11. The summed E-state index contributed by atoms with van der Waals surface area (Å²) in [7, 11) is 0. The fourth-order valence-electron chi connectivity index (χ4n) is 9.10. The van der Waals surface area contributed by atoms with Gasteiger partial charge in [-0.2, -0.15) is 0 Å². The van der Waals surface area contributed by atoms with Crippen LogP contribution in [0.2, 0.25) is 0 Å². The molecule has 2 aromatic heterocycles. The highest BCUT2D eigenvalue weighted by Gasteiger charge is 2.23. The first-order chi connectivity index (χ1) is 29.3. The quantitative estimate of drug-likeness (QED) is 0.159. The van der Waals surface area contributed by atoms with Crippen molar-refractivity contribution in [3.8, 4) is 28.3 Å². The van der Waals surface area contributed by atoms with Crippen molar-refractivity contribution in [3.63, 3.8) is 0 Å². The van der Waals surface area contributed by atoms with E-state index in [4.69, 9.17) is 9.40 Å². The summed E-state index contributed by atoms with van der Waals surface area (Å²) in [6, 6.07) is 75.9. The van der Waals surface area contributed by atoms with Crippen LogP contribution in [0.25, 0.3) is 93.5 Å². The average molecular weight is 754 g/mol. The van der Waals surface area contributed by atoms with Gasteiger partial charge in [-0.1, -0.05) is 146 Å². The van der Waals surface area contributed by atoms with Crippen molar-refractivity contribution in [2.24, 2.45) is 0 Å². The zero-order valence-electron chi connectivity index (χ0n) is 32.0. The molecule has 12 aromatic rings. The van der Waals surface area contributed by atoms with E-state index in [1.807, 2.05) is 36.4 Å². The Morgan fingerprint density at radius 3 is 1.92 bits per heavy atom. The predicted molar refractivity (Wildman–Crippen MR) is 246 cm³/mol. The molecule has 4 nitrogen and oxygen atoms in total. The monoisotopic (exact) mass is 753 g/mol. The van der Waals surface area contributed by atoms with Crippen LogP contribution in [0.15, 0.2) is 217 Å². The number of rotatable bonds is 6. The van der Waals surface area contributed by atoms with E-state index < -0.39 is 0 Å². The minimum atomic E-state index is 0.614. The smallest absolute Gasteiger partial charge is 0.227 e. The summed E-state index contributed by atoms with van der Waals surface area (Å²) in [5.41, 5.74) is 11.2. The number of fused-ring (bicyclic) bond motifs is 9. The first-order valence-corrected chi connectivity index (χ1v) is 20.0. The van der Waals surface area contributed by atoms with E-state index in [1.165, 1.54) is 48.6 Å². The molecule has 59 heavy (non-hydrogen) atoms. The summed E-state index contributed by atoms with van der Waals surface area (Å²) >= 11 is 0. The van der Waals surface area contributed by atoms with Crippen LogP contribution in [0.1, 0.15) is 0 Å². The van der Waals surface area contributed by atoms with E-state index in [0.717, 1.165) is 56.1 Å². The van der Waals surface area contributed by atoms with Gasteiger partial charge in [-0.05, 0) is 99.2 Å². The predicted octanol–water partition coefficient (Wildman–Crippen LogP) is 15.2. The summed E-state index contributed by atoms with van der Waals surface area (Å²) in [6.45, 7) is 0. The summed E-state index contributed by atoms with van der Waals surface area (Å²) in [6.07, 6.45) is 0. The number of oxazole rings is 1. The molecular formula is C55H35N3O. The van der Waals surface area contributed by atoms with Crippen molar-refractivity contribution in [1.82, 2.24) is 9.55 Å². The first kappa shape index (κ1) is 33.2. The minimum absolute atomic E-state index is 0.614. The van der Waals surface area contributed by atoms with Crippen molar-refractivity contribution >= 4 is 82.3 Å². The average Bonchev–Trinajstić information content (AvgIpc) is 3.90. The van der Waals surface area contributed by atoms with Crippen LogP contribution in [0, 0.1) is 0 Å². The summed E-state index contributed by atoms with van der Waals surface area (Å²) in [4.78, 5) is 7.35. The van der Waals surface area contributed by atoms with Crippen LogP contribution in [0.3, 0.4) is 0 Å². The highest BCUT2D eigenvalue weighted by molar-refractivity contribution is 6.25. The number of nitrogens with zero attached hydrogens (tertiary/aromatic N) is 3. The first-order valence-electron chi connectivity index (χ1n) is 20.0. The maximum atomic E-state index is 6.56. The van der Waals surface area contributed by atoms with Gasteiger partial charge in [0, 0.05) is 44.3 Å². The molecule has 4 heteroatoms. The number of para-hydroxylation sites is 3. The summed E-state index contributed by atoms with van der Waals surface area (Å²) in [5, 5.41) is 9.73. The van der Waals surface area contributed by atoms with Crippen molar-refractivity contribution in [1.29, 1.82) is 0 Å². The molecule has 0 aliphatic rings. The van der Waals surface area contributed by atoms with Gasteiger partial charge in [-0.3, -0.25) is 0 Å². The Morgan fingerprint density at radius 2 is 1.07 bits per heavy atom. The lowest BCUT2D eigenvalue weighted by atomic mass is 9.98. The third-order valence-electron chi connectivity index (χ3n) is 11.8. The molecule has 10 aromatic carbocycles. The van der Waals surface area contributed by atoms with Crippen LogP contribution >= 0.6 is 0 Å². The molecule has 2 heterocycles. The molecule has 0 atom stereocenters. The normalized spacial score (nSPS) is 11.7. The van der Waals surface area contributed by atoms with Gasteiger partial charge in [0.15, 0.2) is 5.58 Å². The molecule has 276 valence electrons. The molecule has 0 fully saturated rings. The Morgan fingerprint density at radius 1 is 0.424 bits per heavy atom. The molecule has 0 amide bonds. The maximum Gasteiger partial charge on any atom is 0.227 e. The molecule has 0 unspecified atom stereocenters. The van der Waals surface area contributed by atoms with Crippen molar-refractivity contribution in [2.45, 2.75) is 0 Å². The van der Waals surface area contributed by atoms with Crippen molar-refractivity contribution in [3.05, 3.63) is 212 Å². The van der Waals surface area contributed by atoms with Gasteiger partial charge < -0.3 is 13.9 Å². The van der Waals surface area contributed by atoms with Crippen LogP contribution in [-0.2, 0) is 0 Å². The number of anilines is 3. The van der Waals surface area contributed by atoms with Crippen LogP contribution in [-0.4, -0.2) is 9.55 Å². The number of benzene rings is 10. The largest absolute Gasteiger partial charge is 0.435 e. The molecule has 0 N–H and O–H groups in total. The minimum Gasteiger partial charge on any atom is -0.435 e. The second kappa shape index (κ2) is 13.3. The van der Waals surface area contributed by atoms with Gasteiger partial charge in [-0.15, -0.1) is 0 Å². The van der Waals surface area contributed by atoms with Gasteiger partial charge in [0.25, 0.3) is 0 Å². The van der Waals surface area contributed by atoms with Crippen LogP contribution in [0.4, 0.5) is 17.1 Å². The molecule has 0 spiro atoms. The SMILES string of the molecule is c1ccc(-c2nc3cccc(-c4cccc(N(c5ccc6ccc7ccccc7c6c5)c5cc6c(c7ccccc57)c5ccccc5n6-c5ccccc5)c4)c3o2)cc1. The number of hydrogen-bond acceptors (Lipinski definition) is 3. The molecule has 0 saturated carbocycles. The van der Waals surface area contributed by atoms with Crippen molar-refractivity contribution in [2.75, 3.05) is 4.90 Å². The summed E-state index contributed by atoms with van der Waals surface area (Å²) < 4.78 is 8.98. The molecule has 0 saturated heterocycles. The molecule has 0 aliphatic heterocycles. The Labute approximate surface area is 340 Å². The fourth-order valence-corrected chi connectivity index (χ4v) is 9.10. The Balaban J connectivity index is 1.15. The maximum absolute atomic E-state index is 6.56. The second-order valence-corrected chi connectivity index (χ2v) is 15.1. The molecule has 0 radical (unpaired) electrons. The lowest BCUT2D eigenvalue weighted by molar-refractivity contribution is 0.621.